The molecular weight excluding hydrogens is 415 g/mol. The van der Waals surface area contributed by atoms with E-state index >= 15 is 0 Å². The normalized spacial score (nSPS) is 18.5. The Balaban J connectivity index is 1.58. The summed E-state index contributed by atoms with van der Waals surface area (Å²) >= 11 is 5.77. The first-order valence-electron chi connectivity index (χ1n) is 9.39. The van der Waals surface area contributed by atoms with Gasteiger partial charge in [-0.15, -0.1) is 0 Å². The van der Waals surface area contributed by atoms with Crippen LogP contribution < -0.4 is 11.1 Å². The monoisotopic (exact) mass is 434 g/mol. The van der Waals surface area contributed by atoms with Crippen LogP contribution in [0, 0.1) is 11.7 Å². The highest BCUT2D eigenvalue weighted by molar-refractivity contribution is 6.31. The fourth-order valence-corrected chi connectivity index (χ4v) is 3.97. The van der Waals surface area contributed by atoms with Crippen molar-refractivity contribution in [3.05, 3.63) is 46.0 Å². The van der Waals surface area contributed by atoms with Crippen molar-refractivity contribution in [2.75, 3.05) is 25.5 Å². The zero-order valence-corrected chi connectivity index (χ0v) is 16.9. The molecule has 1 aromatic carbocycles. The maximum absolute atomic E-state index is 13.3. The number of hydrogen-bond donors (Lipinski definition) is 2. The average molecular weight is 435 g/mol. The molecule has 158 valence electrons. The number of carbonyl (C=O) groups is 3. The summed E-state index contributed by atoms with van der Waals surface area (Å²) < 4.78 is 14.9. The van der Waals surface area contributed by atoms with Gasteiger partial charge in [0, 0.05) is 37.8 Å². The summed E-state index contributed by atoms with van der Waals surface area (Å²) in [6, 6.07) is 3.53. The van der Waals surface area contributed by atoms with Crippen LogP contribution in [0.2, 0.25) is 5.02 Å². The SMILES string of the molecule is CN1CC(C(N)=O)Cn2nc3c(c2C1=O)CN(C(=O)Nc1ccc(F)c(Cl)c1)CC3. The van der Waals surface area contributed by atoms with Gasteiger partial charge in [-0.05, 0) is 18.2 Å². The Hall–Kier alpha value is -3.14. The second-order valence-corrected chi connectivity index (χ2v) is 7.88. The molecule has 9 nitrogen and oxygen atoms in total. The molecule has 11 heteroatoms. The van der Waals surface area contributed by atoms with E-state index in [0.29, 0.717) is 29.9 Å². The summed E-state index contributed by atoms with van der Waals surface area (Å²) in [5.74, 6) is -1.86. The second kappa shape index (κ2) is 7.60. The molecule has 0 fully saturated rings. The lowest BCUT2D eigenvalue weighted by atomic mass is 10.0. The number of rotatable bonds is 2. The maximum atomic E-state index is 13.3. The van der Waals surface area contributed by atoms with Gasteiger partial charge < -0.3 is 20.9 Å². The smallest absolute Gasteiger partial charge is 0.322 e. The van der Waals surface area contributed by atoms with Crippen LogP contribution in [0.25, 0.3) is 0 Å². The topological polar surface area (TPSA) is 114 Å². The summed E-state index contributed by atoms with van der Waals surface area (Å²) in [6.07, 6.45) is 0.463. The first-order valence-corrected chi connectivity index (χ1v) is 9.76. The molecule has 0 saturated heterocycles. The van der Waals surface area contributed by atoms with Crippen molar-refractivity contribution in [1.82, 2.24) is 19.6 Å². The Labute approximate surface area is 176 Å². The van der Waals surface area contributed by atoms with E-state index in [1.54, 1.807) is 11.9 Å². The molecule has 2 aliphatic rings. The number of fused-ring (bicyclic) bond motifs is 3. The molecule has 2 aromatic rings. The summed E-state index contributed by atoms with van der Waals surface area (Å²) in [5, 5.41) is 7.11. The second-order valence-electron chi connectivity index (χ2n) is 7.47. The highest BCUT2D eigenvalue weighted by Crippen LogP contribution is 2.27. The number of hydrogen-bond acceptors (Lipinski definition) is 4. The first-order chi connectivity index (χ1) is 14.2. The molecule has 1 atom stereocenters. The fourth-order valence-electron chi connectivity index (χ4n) is 3.79. The quantitative estimate of drug-likeness (QED) is 0.744. The number of urea groups is 1. The number of primary amides is 1. The van der Waals surface area contributed by atoms with Gasteiger partial charge in [0.05, 0.1) is 29.7 Å². The average Bonchev–Trinajstić information content (AvgIpc) is 3.00. The zero-order valence-electron chi connectivity index (χ0n) is 16.2. The molecule has 1 unspecified atom stereocenters. The molecule has 0 aliphatic carbocycles. The van der Waals surface area contributed by atoms with Gasteiger partial charge in [0.15, 0.2) is 0 Å². The molecule has 0 spiro atoms. The Bertz CT molecular complexity index is 1060. The van der Waals surface area contributed by atoms with Crippen molar-refractivity contribution in [3.63, 3.8) is 0 Å². The molecule has 0 bridgehead atoms. The number of nitrogens with zero attached hydrogens (tertiary/aromatic N) is 4. The van der Waals surface area contributed by atoms with E-state index in [1.807, 2.05) is 0 Å². The standard InChI is InChI=1S/C19H20ClFN6O3/c1-25-7-10(17(22)28)8-27-16(18(25)29)12-9-26(5-4-15(12)24-27)19(30)23-11-2-3-14(21)13(20)6-11/h2-3,6,10H,4-5,7-9H2,1H3,(H2,22,28)(H,23,30). The minimum atomic E-state index is -0.572. The third-order valence-corrected chi connectivity index (χ3v) is 5.69. The van der Waals surface area contributed by atoms with E-state index < -0.39 is 23.7 Å². The summed E-state index contributed by atoms with van der Waals surface area (Å²) in [6.45, 7) is 1.01. The maximum Gasteiger partial charge on any atom is 0.322 e. The lowest BCUT2D eigenvalue weighted by Crippen LogP contribution is -2.40. The molecule has 30 heavy (non-hydrogen) atoms. The molecule has 4 amide bonds. The molecule has 3 N–H and O–H groups in total. The van der Waals surface area contributed by atoms with Crippen LogP contribution in [0.4, 0.5) is 14.9 Å². The van der Waals surface area contributed by atoms with E-state index in [4.69, 9.17) is 17.3 Å². The lowest BCUT2D eigenvalue weighted by molar-refractivity contribution is -0.122. The van der Waals surface area contributed by atoms with Gasteiger partial charge in [-0.25, -0.2) is 9.18 Å². The van der Waals surface area contributed by atoms with Gasteiger partial charge in [-0.3, -0.25) is 14.3 Å². The minimum absolute atomic E-state index is 0.0895. The minimum Gasteiger partial charge on any atom is -0.369 e. The molecule has 3 heterocycles. The number of halogens is 2. The molecular formula is C19H20ClFN6O3. The van der Waals surface area contributed by atoms with Gasteiger partial charge in [0.1, 0.15) is 11.5 Å². The molecule has 0 radical (unpaired) electrons. The third-order valence-electron chi connectivity index (χ3n) is 5.40. The van der Waals surface area contributed by atoms with Crippen LogP contribution in [0.15, 0.2) is 18.2 Å². The number of nitrogens with one attached hydrogen (secondary N) is 1. The lowest BCUT2D eigenvalue weighted by Gasteiger charge is -2.27. The number of benzene rings is 1. The number of carbonyl (C=O) groups excluding carboxylic acids is 3. The van der Waals surface area contributed by atoms with Gasteiger partial charge in [0.2, 0.25) is 5.91 Å². The van der Waals surface area contributed by atoms with E-state index in [9.17, 15) is 18.8 Å². The van der Waals surface area contributed by atoms with Crippen molar-refractivity contribution in [2.45, 2.75) is 19.5 Å². The van der Waals surface area contributed by atoms with Crippen LogP contribution >= 0.6 is 11.6 Å². The van der Waals surface area contributed by atoms with E-state index in [2.05, 4.69) is 10.4 Å². The molecule has 2 aliphatic heterocycles. The van der Waals surface area contributed by atoms with Crippen LogP contribution in [0.1, 0.15) is 21.7 Å². The molecule has 1 aromatic heterocycles. The predicted octanol–water partition coefficient (Wildman–Crippen LogP) is 1.45. The number of nitrogens with two attached hydrogens (primary N) is 1. The Kier molecular flexibility index (Phi) is 5.10. The van der Waals surface area contributed by atoms with Crippen molar-refractivity contribution in [1.29, 1.82) is 0 Å². The fraction of sp³-hybridized carbons (Fsp3) is 0.368. The van der Waals surface area contributed by atoms with Crippen molar-refractivity contribution >= 4 is 35.1 Å². The van der Waals surface area contributed by atoms with Crippen LogP contribution in [0.3, 0.4) is 0 Å². The van der Waals surface area contributed by atoms with Gasteiger partial charge in [-0.1, -0.05) is 11.6 Å². The Morgan fingerprint density at radius 3 is 2.80 bits per heavy atom. The predicted molar refractivity (Wildman–Crippen MR) is 106 cm³/mol. The summed E-state index contributed by atoms with van der Waals surface area (Å²) in [5.41, 5.74) is 7.60. The van der Waals surface area contributed by atoms with Gasteiger partial charge in [-0.2, -0.15) is 5.10 Å². The molecule has 0 saturated carbocycles. The Morgan fingerprint density at radius 2 is 2.10 bits per heavy atom. The largest absolute Gasteiger partial charge is 0.369 e. The van der Waals surface area contributed by atoms with Crippen molar-refractivity contribution in [3.8, 4) is 0 Å². The first kappa shape index (κ1) is 20.1. The van der Waals surface area contributed by atoms with Crippen LogP contribution in [-0.4, -0.2) is 57.6 Å². The number of aromatic nitrogens is 2. The van der Waals surface area contributed by atoms with E-state index in [-0.39, 0.29) is 30.6 Å². The number of anilines is 1. The highest BCUT2D eigenvalue weighted by atomic mass is 35.5. The van der Waals surface area contributed by atoms with Gasteiger partial charge in [0.25, 0.3) is 5.91 Å². The van der Waals surface area contributed by atoms with E-state index in [1.165, 1.54) is 27.8 Å². The summed E-state index contributed by atoms with van der Waals surface area (Å²) in [7, 11) is 1.61. The van der Waals surface area contributed by atoms with Crippen molar-refractivity contribution < 1.29 is 18.8 Å². The highest BCUT2D eigenvalue weighted by Gasteiger charge is 2.36. The molecule has 4 rings (SSSR count). The van der Waals surface area contributed by atoms with Crippen molar-refractivity contribution in [2.24, 2.45) is 11.7 Å². The number of amides is 4. The van der Waals surface area contributed by atoms with Crippen LogP contribution in [-0.2, 0) is 24.3 Å². The summed E-state index contributed by atoms with van der Waals surface area (Å²) in [4.78, 5) is 40.4. The third kappa shape index (κ3) is 3.58. The van der Waals surface area contributed by atoms with Crippen LogP contribution in [0.5, 0.6) is 0 Å². The zero-order chi connectivity index (χ0) is 21.6. The van der Waals surface area contributed by atoms with E-state index in [0.717, 1.165) is 5.69 Å². The van der Waals surface area contributed by atoms with Gasteiger partial charge >= 0.3 is 6.03 Å². The Morgan fingerprint density at radius 1 is 1.33 bits per heavy atom.